The third-order valence-electron chi connectivity index (χ3n) is 7.22. The van der Waals surface area contributed by atoms with Gasteiger partial charge in [0.05, 0.1) is 6.04 Å². The van der Waals surface area contributed by atoms with E-state index in [-0.39, 0.29) is 23.9 Å². The van der Waals surface area contributed by atoms with Crippen LogP contribution in [0.5, 0.6) is 0 Å². The summed E-state index contributed by atoms with van der Waals surface area (Å²) < 4.78 is 0. The zero-order valence-corrected chi connectivity index (χ0v) is 21.2. The van der Waals surface area contributed by atoms with Crippen molar-refractivity contribution in [1.82, 2.24) is 15.5 Å². The van der Waals surface area contributed by atoms with Crippen LogP contribution in [-0.2, 0) is 4.79 Å². The van der Waals surface area contributed by atoms with E-state index in [0.29, 0.717) is 44.1 Å². The van der Waals surface area contributed by atoms with Crippen molar-refractivity contribution in [1.29, 1.82) is 0 Å². The van der Waals surface area contributed by atoms with Gasteiger partial charge in [0.2, 0.25) is 5.91 Å². The van der Waals surface area contributed by atoms with Crippen molar-refractivity contribution in [3.63, 3.8) is 0 Å². The van der Waals surface area contributed by atoms with Crippen LogP contribution >= 0.6 is 0 Å². The first kappa shape index (κ1) is 25.9. The number of carbonyl (C=O) groups is 2. The van der Waals surface area contributed by atoms with Gasteiger partial charge >= 0.3 is 0 Å². The number of nitrogens with two attached hydrogens (primary N) is 1. The highest BCUT2D eigenvalue weighted by Crippen LogP contribution is 2.23. The van der Waals surface area contributed by atoms with Crippen LogP contribution in [0.4, 0.5) is 0 Å². The quantitative estimate of drug-likeness (QED) is 0.403. The molecule has 4 N–H and O–H groups in total. The molecule has 0 aromatic heterocycles. The molecule has 0 saturated carbocycles. The number of fused-ring (bicyclic) bond motifs is 1. The van der Waals surface area contributed by atoms with Crippen LogP contribution in [0, 0.1) is 0 Å². The second kappa shape index (κ2) is 12.7. The number of rotatable bonds is 10. The van der Waals surface area contributed by atoms with E-state index < -0.39 is 0 Å². The molecule has 1 fully saturated rings. The summed E-state index contributed by atoms with van der Waals surface area (Å²) in [4.78, 5) is 28.4. The lowest BCUT2D eigenvalue weighted by Gasteiger charge is -2.28. The van der Waals surface area contributed by atoms with E-state index in [0.717, 1.165) is 30.0 Å². The molecule has 3 aromatic rings. The van der Waals surface area contributed by atoms with Gasteiger partial charge in [0, 0.05) is 37.2 Å². The molecule has 6 heteroatoms. The van der Waals surface area contributed by atoms with Gasteiger partial charge in [0.15, 0.2) is 0 Å². The summed E-state index contributed by atoms with van der Waals surface area (Å²) in [6, 6.07) is 23.9. The molecule has 0 bridgehead atoms. The summed E-state index contributed by atoms with van der Waals surface area (Å²) in [7, 11) is 0. The van der Waals surface area contributed by atoms with E-state index in [1.165, 1.54) is 5.56 Å². The smallest absolute Gasteiger partial charge is 0.251 e. The maximum atomic E-state index is 13.5. The molecule has 0 spiro atoms. The second-order valence-corrected chi connectivity index (χ2v) is 9.71. The fourth-order valence-electron chi connectivity index (χ4n) is 5.06. The Morgan fingerprint density at radius 2 is 1.83 bits per heavy atom. The molecule has 1 heterocycles. The Bertz CT molecular complexity index is 1150. The van der Waals surface area contributed by atoms with E-state index >= 15 is 0 Å². The third-order valence-corrected chi connectivity index (χ3v) is 7.22. The molecule has 1 aliphatic rings. The summed E-state index contributed by atoms with van der Waals surface area (Å²) in [6.45, 7) is 4.58. The van der Waals surface area contributed by atoms with Crippen LogP contribution in [0.1, 0.15) is 54.4 Å². The van der Waals surface area contributed by atoms with E-state index in [4.69, 9.17) is 5.73 Å². The van der Waals surface area contributed by atoms with Gasteiger partial charge in [-0.15, -0.1) is 0 Å². The van der Waals surface area contributed by atoms with Gasteiger partial charge in [-0.3, -0.25) is 9.59 Å². The Kier molecular flexibility index (Phi) is 9.09. The summed E-state index contributed by atoms with van der Waals surface area (Å²) >= 11 is 0. The Morgan fingerprint density at radius 1 is 1.08 bits per heavy atom. The average Bonchev–Trinajstić information content (AvgIpc) is 3.07. The maximum absolute atomic E-state index is 13.5. The largest absolute Gasteiger partial charge is 0.350 e. The van der Waals surface area contributed by atoms with Crippen LogP contribution in [0.15, 0.2) is 72.8 Å². The Hall–Kier alpha value is -3.22. The molecule has 1 aliphatic heterocycles. The molecule has 2 amide bonds. The van der Waals surface area contributed by atoms with Crippen molar-refractivity contribution < 1.29 is 9.59 Å². The molecule has 0 unspecified atom stereocenters. The third kappa shape index (κ3) is 6.50. The molecule has 36 heavy (non-hydrogen) atoms. The zero-order valence-electron chi connectivity index (χ0n) is 21.2. The number of nitrogens with one attached hydrogen (secondary N) is 2. The lowest BCUT2D eigenvalue weighted by Crippen LogP contribution is -2.49. The number of carbonyl (C=O) groups excluding carboxylic acids is 2. The highest BCUT2D eigenvalue weighted by atomic mass is 16.2. The highest BCUT2D eigenvalue weighted by molar-refractivity contribution is 5.98. The molecule has 190 valence electrons. The first-order chi connectivity index (χ1) is 17.6. The normalized spacial score (nSPS) is 19.2. The van der Waals surface area contributed by atoms with E-state index in [1.54, 1.807) is 0 Å². The van der Waals surface area contributed by atoms with Gasteiger partial charge in [0.1, 0.15) is 0 Å². The van der Waals surface area contributed by atoms with E-state index in [9.17, 15) is 9.59 Å². The second-order valence-electron chi connectivity index (χ2n) is 9.71. The van der Waals surface area contributed by atoms with Crippen molar-refractivity contribution in [2.45, 2.75) is 50.6 Å². The number of amides is 2. The van der Waals surface area contributed by atoms with Crippen LogP contribution in [0.25, 0.3) is 10.8 Å². The fourth-order valence-corrected chi connectivity index (χ4v) is 5.06. The zero-order chi connectivity index (χ0) is 25.3. The van der Waals surface area contributed by atoms with Crippen molar-refractivity contribution >= 4 is 22.6 Å². The minimum Gasteiger partial charge on any atom is -0.350 e. The van der Waals surface area contributed by atoms with Gasteiger partial charge in [-0.2, -0.15) is 0 Å². The number of benzene rings is 3. The van der Waals surface area contributed by atoms with Crippen molar-refractivity contribution in [2.75, 3.05) is 26.2 Å². The van der Waals surface area contributed by atoms with Crippen LogP contribution in [0.3, 0.4) is 0 Å². The first-order valence-electron chi connectivity index (χ1n) is 13.2. The van der Waals surface area contributed by atoms with Crippen LogP contribution in [-0.4, -0.2) is 55.0 Å². The molecule has 4 rings (SSSR count). The molecule has 0 radical (unpaired) electrons. The maximum Gasteiger partial charge on any atom is 0.251 e. The average molecular weight is 487 g/mol. The Morgan fingerprint density at radius 3 is 2.58 bits per heavy atom. The van der Waals surface area contributed by atoms with Crippen LogP contribution < -0.4 is 16.4 Å². The summed E-state index contributed by atoms with van der Waals surface area (Å²) in [5.74, 6) is 0.347. The first-order valence-corrected chi connectivity index (χ1v) is 13.2. The van der Waals surface area contributed by atoms with Gasteiger partial charge < -0.3 is 21.3 Å². The fraction of sp³-hybridized carbons (Fsp3) is 0.400. The number of hydrogen-bond donors (Lipinski definition) is 3. The molecule has 0 aliphatic carbocycles. The predicted molar refractivity (Wildman–Crippen MR) is 146 cm³/mol. The van der Waals surface area contributed by atoms with Crippen molar-refractivity contribution in [3.8, 4) is 0 Å². The van der Waals surface area contributed by atoms with Gasteiger partial charge in [-0.25, -0.2) is 0 Å². The SMILES string of the molecule is CC[C@H](CN1CC[C@@H](CNC(=O)c2ccc3ccccc3c2)N[C@@H](CCCN)C1=O)c1ccccc1. The molecular weight excluding hydrogens is 448 g/mol. The van der Waals surface area contributed by atoms with Gasteiger partial charge in [-0.1, -0.05) is 67.6 Å². The van der Waals surface area contributed by atoms with Gasteiger partial charge in [0.25, 0.3) is 5.91 Å². The minimum absolute atomic E-state index is 0.0166. The molecule has 1 saturated heterocycles. The molecule has 6 nitrogen and oxygen atoms in total. The summed E-state index contributed by atoms with van der Waals surface area (Å²) in [5.41, 5.74) is 7.68. The summed E-state index contributed by atoms with van der Waals surface area (Å²) in [5, 5.41) is 8.78. The summed E-state index contributed by atoms with van der Waals surface area (Å²) in [6.07, 6.45) is 3.24. The molecule has 3 atom stereocenters. The Balaban J connectivity index is 1.42. The monoisotopic (exact) mass is 486 g/mol. The minimum atomic E-state index is -0.285. The van der Waals surface area contributed by atoms with E-state index in [1.807, 2.05) is 53.4 Å². The molecular formula is C30H38N4O2. The number of nitrogens with zero attached hydrogens (tertiary/aromatic N) is 1. The highest BCUT2D eigenvalue weighted by Gasteiger charge is 2.31. The predicted octanol–water partition coefficient (Wildman–Crippen LogP) is 4.06. The van der Waals surface area contributed by atoms with Crippen LogP contribution in [0.2, 0.25) is 0 Å². The Labute approximate surface area is 214 Å². The van der Waals surface area contributed by atoms with E-state index in [2.05, 4.69) is 41.8 Å². The standard InChI is InChI=1S/C30H38N4O2/c1-2-22(23-9-4-3-5-10-23)21-34-18-16-27(33-28(30(34)36)13-8-17-31)20-32-29(35)26-15-14-24-11-6-7-12-25(24)19-26/h3-7,9-12,14-15,19,22,27-28,33H,2,8,13,16-18,20-21,31H2,1H3,(H,32,35)/t22-,27+,28+/m1/s1. The van der Waals surface area contributed by atoms with Gasteiger partial charge in [-0.05, 0) is 60.7 Å². The van der Waals surface area contributed by atoms with Crippen molar-refractivity contribution in [3.05, 3.63) is 83.9 Å². The lowest BCUT2D eigenvalue weighted by molar-refractivity contribution is -0.133. The van der Waals surface area contributed by atoms with Crippen molar-refractivity contribution in [2.24, 2.45) is 5.73 Å². The lowest BCUT2D eigenvalue weighted by atomic mass is 9.95. The topological polar surface area (TPSA) is 87.5 Å². The molecule has 3 aromatic carbocycles. The number of hydrogen-bond acceptors (Lipinski definition) is 4.